The van der Waals surface area contributed by atoms with Crippen molar-refractivity contribution in [2.75, 3.05) is 11.1 Å². The molecule has 0 saturated heterocycles. The summed E-state index contributed by atoms with van der Waals surface area (Å²) in [5.74, 6) is 0.249. The first-order valence-electron chi connectivity index (χ1n) is 14.7. The highest BCUT2D eigenvalue weighted by Crippen LogP contribution is 2.46. The molecule has 6 aromatic rings. The van der Waals surface area contributed by atoms with Crippen molar-refractivity contribution in [1.82, 2.24) is 9.36 Å². The lowest BCUT2D eigenvalue weighted by Gasteiger charge is -2.43. The molecule has 42 heavy (non-hydrogen) atoms. The number of benzene rings is 5. The molecule has 8 rings (SSSR count). The smallest absolute Gasteiger partial charge is 0.0972 e. The third-order valence-corrected chi connectivity index (χ3v) is 8.78. The number of anilines is 3. The van der Waals surface area contributed by atoms with Crippen LogP contribution in [0, 0.1) is 0 Å². The number of para-hydroxylation sites is 3. The second-order valence-electron chi connectivity index (χ2n) is 11.2. The van der Waals surface area contributed by atoms with Gasteiger partial charge in [0.25, 0.3) is 0 Å². The monoisotopic (exact) mass is 544 g/mol. The first kappa shape index (κ1) is 24.6. The van der Waals surface area contributed by atoms with Gasteiger partial charge in [-0.25, -0.2) is 0 Å². The molecule has 204 valence electrons. The van der Waals surface area contributed by atoms with Crippen molar-refractivity contribution in [2.45, 2.75) is 24.9 Å². The molecule has 0 saturated carbocycles. The van der Waals surface area contributed by atoms with Crippen LogP contribution in [0.3, 0.4) is 0 Å². The predicted molar refractivity (Wildman–Crippen MR) is 175 cm³/mol. The molecule has 2 heterocycles. The SMILES string of the molecule is Nc1c(C2C=CC=CC2)cc(-c2cccc(Nc3ccccc3)c2-c2ccccc2)cc1C1Cn2c3ccccc3n21. The fourth-order valence-electron chi connectivity index (χ4n) is 6.71. The van der Waals surface area contributed by atoms with Gasteiger partial charge in [-0.15, -0.1) is 0 Å². The molecule has 3 N–H and O–H groups in total. The number of nitrogens with one attached hydrogen (secondary N) is 1. The van der Waals surface area contributed by atoms with Gasteiger partial charge in [0.2, 0.25) is 0 Å². The number of nitrogen functional groups attached to an aromatic ring is 1. The first-order chi connectivity index (χ1) is 20.8. The van der Waals surface area contributed by atoms with Crippen molar-refractivity contribution < 1.29 is 0 Å². The van der Waals surface area contributed by atoms with Gasteiger partial charge in [0.15, 0.2) is 0 Å². The van der Waals surface area contributed by atoms with Crippen molar-refractivity contribution in [1.29, 1.82) is 0 Å². The Morgan fingerprint density at radius 3 is 2.21 bits per heavy atom. The highest BCUT2D eigenvalue weighted by molar-refractivity contribution is 5.94. The number of allylic oxidation sites excluding steroid dienone is 4. The molecule has 1 aromatic heterocycles. The van der Waals surface area contributed by atoms with Crippen LogP contribution in [-0.2, 0) is 6.54 Å². The van der Waals surface area contributed by atoms with E-state index in [0.29, 0.717) is 0 Å². The zero-order valence-corrected chi connectivity index (χ0v) is 23.3. The van der Waals surface area contributed by atoms with Crippen molar-refractivity contribution in [3.63, 3.8) is 0 Å². The molecule has 2 atom stereocenters. The third-order valence-electron chi connectivity index (χ3n) is 8.78. The van der Waals surface area contributed by atoms with Gasteiger partial charge in [0, 0.05) is 34.1 Å². The van der Waals surface area contributed by atoms with Gasteiger partial charge in [-0.3, -0.25) is 9.36 Å². The molecular formula is C38H32N4. The lowest BCUT2D eigenvalue weighted by molar-refractivity contribution is 0.255. The molecule has 0 spiro atoms. The second kappa shape index (κ2) is 10.0. The van der Waals surface area contributed by atoms with Crippen LogP contribution >= 0.6 is 0 Å². The van der Waals surface area contributed by atoms with Crippen molar-refractivity contribution in [3.05, 3.63) is 151 Å². The molecule has 0 amide bonds. The maximum Gasteiger partial charge on any atom is 0.0972 e. The maximum atomic E-state index is 7.09. The van der Waals surface area contributed by atoms with Crippen molar-refractivity contribution in [3.8, 4) is 22.3 Å². The van der Waals surface area contributed by atoms with Crippen LogP contribution in [0.25, 0.3) is 33.3 Å². The summed E-state index contributed by atoms with van der Waals surface area (Å²) < 4.78 is 4.76. The summed E-state index contributed by atoms with van der Waals surface area (Å²) in [6.45, 7) is 0.936. The quantitative estimate of drug-likeness (QED) is 0.205. The number of aromatic nitrogens is 2. The Morgan fingerprint density at radius 2 is 1.43 bits per heavy atom. The van der Waals surface area contributed by atoms with E-state index < -0.39 is 0 Å². The zero-order chi connectivity index (χ0) is 28.0. The largest absolute Gasteiger partial charge is 0.398 e. The Morgan fingerprint density at radius 1 is 0.690 bits per heavy atom. The molecule has 2 aliphatic rings. The highest BCUT2D eigenvalue weighted by Gasteiger charge is 2.35. The number of hydrogen-bond acceptors (Lipinski definition) is 2. The molecule has 0 fully saturated rings. The van der Waals surface area contributed by atoms with E-state index in [1.807, 2.05) is 6.07 Å². The molecule has 4 nitrogen and oxygen atoms in total. The Kier molecular flexibility index (Phi) is 5.85. The van der Waals surface area contributed by atoms with E-state index in [1.54, 1.807) is 0 Å². The fourth-order valence-corrected chi connectivity index (χ4v) is 6.71. The number of rotatable bonds is 6. The van der Waals surface area contributed by atoms with E-state index in [0.717, 1.165) is 30.0 Å². The summed E-state index contributed by atoms with van der Waals surface area (Å²) in [7, 11) is 0. The van der Waals surface area contributed by atoms with E-state index >= 15 is 0 Å². The van der Waals surface area contributed by atoms with Crippen molar-refractivity contribution in [2.24, 2.45) is 0 Å². The minimum Gasteiger partial charge on any atom is -0.398 e. The topological polar surface area (TPSA) is 47.9 Å². The summed E-state index contributed by atoms with van der Waals surface area (Å²) >= 11 is 0. The summed E-state index contributed by atoms with van der Waals surface area (Å²) in [5.41, 5.74) is 19.9. The van der Waals surface area contributed by atoms with Gasteiger partial charge >= 0.3 is 0 Å². The first-order valence-corrected chi connectivity index (χ1v) is 14.7. The predicted octanol–water partition coefficient (Wildman–Crippen LogP) is 9.31. The van der Waals surface area contributed by atoms with Gasteiger partial charge in [0.1, 0.15) is 0 Å². The molecule has 1 aliphatic carbocycles. The lowest BCUT2D eigenvalue weighted by atomic mass is 9.83. The molecule has 1 aliphatic heterocycles. The van der Waals surface area contributed by atoms with E-state index in [9.17, 15) is 0 Å². The van der Waals surface area contributed by atoms with Crippen LogP contribution in [0.1, 0.15) is 29.5 Å². The Hall–Kier alpha value is -5.22. The van der Waals surface area contributed by atoms with Gasteiger partial charge in [0.05, 0.1) is 23.6 Å². The van der Waals surface area contributed by atoms with E-state index in [-0.39, 0.29) is 12.0 Å². The summed E-state index contributed by atoms with van der Waals surface area (Å²) in [5, 5.41) is 3.70. The lowest BCUT2D eigenvalue weighted by Crippen LogP contribution is -2.41. The van der Waals surface area contributed by atoms with Crippen LogP contribution in [0.5, 0.6) is 0 Å². The molecule has 4 heteroatoms. The Labute approximate surface area is 246 Å². The zero-order valence-electron chi connectivity index (χ0n) is 23.3. The summed E-state index contributed by atoms with van der Waals surface area (Å²) in [4.78, 5) is 0. The third kappa shape index (κ3) is 3.99. The Balaban J connectivity index is 1.32. The van der Waals surface area contributed by atoms with Gasteiger partial charge in [-0.05, 0) is 71.1 Å². The van der Waals surface area contributed by atoms with Crippen LogP contribution < -0.4 is 11.1 Å². The standard InChI is InChI=1S/C38H32N4/c39-38-31(26-13-4-1-5-14-26)23-28(24-32(38)36-25-41-34-21-10-11-22-35(34)42(36)41)30-19-12-20-33(40-29-17-8-3-9-18-29)37(30)27-15-6-2-7-16-27/h1-13,15-24,26,36,40H,14,25,39H2. The van der Waals surface area contributed by atoms with Crippen LogP contribution in [0.4, 0.5) is 17.1 Å². The van der Waals surface area contributed by atoms with Gasteiger partial charge in [-0.2, -0.15) is 0 Å². The molecular weight excluding hydrogens is 512 g/mol. The van der Waals surface area contributed by atoms with E-state index in [4.69, 9.17) is 5.73 Å². The number of fused-ring (bicyclic) bond motifs is 4. The highest BCUT2D eigenvalue weighted by atomic mass is 15.5. The minimum absolute atomic E-state index is 0.215. The van der Waals surface area contributed by atoms with Gasteiger partial charge in [-0.1, -0.05) is 97.1 Å². The average molecular weight is 545 g/mol. The summed E-state index contributed by atoms with van der Waals surface area (Å²) in [6, 6.07) is 41.2. The molecule has 0 bridgehead atoms. The summed E-state index contributed by atoms with van der Waals surface area (Å²) in [6.07, 6.45) is 9.76. The van der Waals surface area contributed by atoms with E-state index in [1.165, 1.54) is 44.4 Å². The van der Waals surface area contributed by atoms with Crippen LogP contribution in [0.2, 0.25) is 0 Å². The Bertz CT molecular complexity index is 1970. The maximum absolute atomic E-state index is 7.09. The number of nitrogens with two attached hydrogens (primary N) is 1. The molecule has 2 unspecified atom stereocenters. The average Bonchev–Trinajstić information content (AvgIpc) is 3.03. The molecule has 5 aromatic carbocycles. The van der Waals surface area contributed by atoms with Crippen LogP contribution in [-0.4, -0.2) is 9.36 Å². The second-order valence-corrected chi connectivity index (χ2v) is 11.2. The normalized spacial score (nSPS) is 17.2. The molecule has 0 radical (unpaired) electrons. The van der Waals surface area contributed by atoms with Crippen LogP contribution in [0.15, 0.2) is 140 Å². The van der Waals surface area contributed by atoms with E-state index in [2.05, 4.69) is 148 Å². The van der Waals surface area contributed by atoms with Crippen molar-refractivity contribution >= 4 is 28.1 Å². The van der Waals surface area contributed by atoms with Gasteiger partial charge < -0.3 is 11.1 Å². The number of hydrogen-bond donors (Lipinski definition) is 2. The minimum atomic E-state index is 0.215. The fraction of sp³-hybridized carbons (Fsp3) is 0.105. The number of nitrogens with zero attached hydrogens (tertiary/aromatic N) is 2.